The van der Waals surface area contributed by atoms with Gasteiger partial charge in [-0.15, -0.1) is 0 Å². The topological polar surface area (TPSA) is 18.5 Å². The van der Waals surface area contributed by atoms with Gasteiger partial charge in [-0.2, -0.15) is 0 Å². The average molecular weight is 336 g/mol. The Morgan fingerprint density at radius 3 is 2.40 bits per heavy atom. The number of benzene rings is 1. The van der Waals surface area contributed by atoms with Gasteiger partial charge in [0.15, 0.2) is 0 Å². The lowest BCUT2D eigenvalue weighted by molar-refractivity contribution is 0.0213. The molecule has 108 valence electrons. The summed E-state index contributed by atoms with van der Waals surface area (Å²) in [5.41, 5.74) is 1.72. The van der Waals surface area contributed by atoms with E-state index < -0.39 is 0 Å². The zero-order valence-electron chi connectivity index (χ0n) is 12.0. The maximum atomic E-state index is 3.80. The third kappa shape index (κ3) is 1.82. The minimum absolute atomic E-state index is 0.229. The first-order chi connectivity index (χ1) is 9.73. The van der Waals surface area contributed by atoms with Crippen molar-refractivity contribution in [3.8, 4) is 0 Å². The van der Waals surface area contributed by atoms with Gasteiger partial charge in [-0.3, -0.25) is 0 Å². The van der Waals surface area contributed by atoms with Gasteiger partial charge in [0.2, 0.25) is 0 Å². The minimum Gasteiger partial charge on any atom is -0.316 e. The summed E-state index contributed by atoms with van der Waals surface area (Å²) in [6.07, 6.45) is 0. The van der Waals surface area contributed by atoms with E-state index in [4.69, 9.17) is 0 Å². The lowest BCUT2D eigenvalue weighted by Crippen LogP contribution is -2.69. The smallest absolute Gasteiger partial charge is 0.0375 e. The average Bonchev–Trinajstić information content (AvgIpc) is 2.67. The van der Waals surface area contributed by atoms with E-state index in [2.05, 4.69) is 62.4 Å². The van der Waals surface area contributed by atoms with Gasteiger partial charge >= 0.3 is 0 Å². The molecule has 4 aliphatic heterocycles. The zero-order chi connectivity index (χ0) is 13.7. The molecule has 4 heteroatoms. The van der Waals surface area contributed by atoms with Gasteiger partial charge in [-0.05, 0) is 18.7 Å². The van der Waals surface area contributed by atoms with Crippen molar-refractivity contribution >= 4 is 15.9 Å². The first-order valence-corrected chi connectivity index (χ1v) is 8.39. The summed E-state index contributed by atoms with van der Waals surface area (Å²) < 4.78 is 1.27. The van der Waals surface area contributed by atoms with Gasteiger partial charge in [-0.25, -0.2) is 0 Å². The predicted octanol–water partition coefficient (Wildman–Crippen LogP) is 1.54. The Kier molecular flexibility index (Phi) is 3.18. The van der Waals surface area contributed by atoms with E-state index in [1.54, 1.807) is 0 Å². The monoisotopic (exact) mass is 335 g/mol. The van der Waals surface area contributed by atoms with Gasteiger partial charge in [-0.1, -0.05) is 34.1 Å². The summed E-state index contributed by atoms with van der Waals surface area (Å²) in [6.45, 7) is 7.36. The van der Waals surface area contributed by atoms with Crippen LogP contribution in [-0.2, 0) is 5.41 Å². The van der Waals surface area contributed by atoms with Gasteiger partial charge in [0.1, 0.15) is 0 Å². The number of hydrogen-bond acceptors (Lipinski definition) is 3. The molecule has 1 N–H and O–H groups in total. The third-order valence-corrected chi connectivity index (χ3v) is 6.21. The highest BCUT2D eigenvalue weighted by Crippen LogP contribution is 2.45. The van der Waals surface area contributed by atoms with E-state index >= 15 is 0 Å². The molecule has 0 radical (unpaired) electrons. The first kappa shape index (κ1) is 13.3. The van der Waals surface area contributed by atoms with Crippen LogP contribution >= 0.6 is 15.9 Å². The normalized spacial score (nSPS) is 42.7. The Balaban J connectivity index is 1.86. The van der Waals surface area contributed by atoms with E-state index in [-0.39, 0.29) is 5.41 Å². The summed E-state index contributed by atoms with van der Waals surface area (Å²) >= 11 is 3.80. The second-order valence-electron chi connectivity index (χ2n) is 6.63. The van der Waals surface area contributed by atoms with Crippen LogP contribution in [0.5, 0.6) is 0 Å². The first-order valence-electron chi connectivity index (χ1n) is 7.60. The lowest BCUT2D eigenvalue weighted by atomic mass is 9.64. The second kappa shape index (κ2) is 4.80. The summed E-state index contributed by atoms with van der Waals surface area (Å²) in [6, 6.07) is 9.42. The van der Waals surface area contributed by atoms with Crippen LogP contribution in [0.15, 0.2) is 28.7 Å². The zero-order valence-corrected chi connectivity index (χ0v) is 13.6. The van der Waals surface area contributed by atoms with E-state index in [9.17, 15) is 0 Å². The minimum atomic E-state index is 0.229. The molecule has 4 bridgehead atoms. The van der Waals surface area contributed by atoms with Gasteiger partial charge in [0.05, 0.1) is 0 Å². The third-order valence-electron chi connectivity index (χ3n) is 5.52. The van der Waals surface area contributed by atoms with Gasteiger partial charge in [0, 0.05) is 61.1 Å². The maximum Gasteiger partial charge on any atom is 0.0375 e. The number of fused-ring (bicyclic) bond motifs is 1. The standard InChI is InChI=1S/C16H22BrN3/c1-18-15-12-8-19-6-7-20(9-12)11-16(15,10-19)13-4-2-3-5-14(13)17/h2-5,12,15,18H,6-11H2,1H3. The molecule has 0 saturated carbocycles. The fourth-order valence-electron chi connectivity index (χ4n) is 4.90. The van der Waals surface area contributed by atoms with E-state index in [1.165, 1.54) is 49.3 Å². The molecule has 3 atom stereocenters. The Hall–Kier alpha value is -0.420. The molecular weight excluding hydrogens is 314 g/mol. The largest absolute Gasteiger partial charge is 0.316 e. The second-order valence-corrected chi connectivity index (χ2v) is 7.49. The quantitative estimate of drug-likeness (QED) is 0.884. The highest BCUT2D eigenvalue weighted by molar-refractivity contribution is 9.10. The molecule has 4 saturated heterocycles. The molecule has 4 fully saturated rings. The van der Waals surface area contributed by atoms with Crippen LogP contribution in [0.4, 0.5) is 0 Å². The van der Waals surface area contributed by atoms with E-state index in [0.717, 1.165) is 5.92 Å². The molecule has 4 heterocycles. The molecule has 3 unspecified atom stereocenters. The fraction of sp³-hybridized carbons (Fsp3) is 0.625. The number of nitrogens with zero attached hydrogens (tertiary/aromatic N) is 2. The van der Waals surface area contributed by atoms with E-state index in [0.29, 0.717) is 6.04 Å². The van der Waals surface area contributed by atoms with Crippen LogP contribution in [0.3, 0.4) is 0 Å². The Labute approximate surface area is 129 Å². The summed E-state index contributed by atoms with van der Waals surface area (Å²) in [4.78, 5) is 5.37. The van der Waals surface area contributed by atoms with Crippen molar-refractivity contribution in [1.82, 2.24) is 15.1 Å². The summed E-state index contributed by atoms with van der Waals surface area (Å²) in [5.74, 6) is 0.747. The lowest BCUT2D eigenvalue weighted by Gasteiger charge is -2.56. The molecule has 0 amide bonds. The summed E-state index contributed by atoms with van der Waals surface area (Å²) in [5, 5.41) is 3.67. The maximum absolute atomic E-state index is 3.80. The number of rotatable bonds is 2. The number of nitrogens with one attached hydrogen (secondary N) is 1. The number of hydrogen-bond donors (Lipinski definition) is 1. The molecule has 0 aromatic heterocycles. The van der Waals surface area contributed by atoms with Crippen LogP contribution in [0, 0.1) is 5.92 Å². The van der Waals surface area contributed by atoms with Crippen LogP contribution in [0.25, 0.3) is 0 Å². The van der Waals surface area contributed by atoms with E-state index in [1.807, 2.05) is 0 Å². The Bertz CT molecular complexity index is 502. The van der Waals surface area contributed by atoms with Crippen molar-refractivity contribution in [2.45, 2.75) is 11.5 Å². The molecule has 4 aliphatic rings. The summed E-state index contributed by atoms with van der Waals surface area (Å²) in [7, 11) is 2.15. The SMILES string of the molecule is CNC1C2CN3CCN(C2)CC1(c1ccccc1Br)C3. The number of piperidine rings is 2. The van der Waals surface area contributed by atoms with Crippen molar-refractivity contribution in [2.75, 3.05) is 46.3 Å². The van der Waals surface area contributed by atoms with Crippen molar-refractivity contribution in [3.63, 3.8) is 0 Å². The molecule has 5 rings (SSSR count). The predicted molar refractivity (Wildman–Crippen MR) is 85.0 cm³/mol. The van der Waals surface area contributed by atoms with Gasteiger partial charge < -0.3 is 15.1 Å². The fourth-order valence-corrected chi connectivity index (χ4v) is 5.57. The van der Waals surface area contributed by atoms with Crippen molar-refractivity contribution in [1.29, 1.82) is 0 Å². The van der Waals surface area contributed by atoms with Crippen LogP contribution < -0.4 is 5.32 Å². The Morgan fingerprint density at radius 1 is 1.15 bits per heavy atom. The van der Waals surface area contributed by atoms with Crippen LogP contribution in [0.2, 0.25) is 0 Å². The molecule has 1 aromatic carbocycles. The van der Waals surface area contributed by atoms with Crippen LogP contribution in [-0.4, -0.2) is 62.2 Å². The van der Waals surface area contributed by atoms with Crippen molar-refractivity contribution < 1.29 is 0 Å². The molecular formula is C16H22BrN3. The molecule has 0 spiro atoms. The molecule has 1 aromatic rings. The molecule has 0 aliphatic carbocycles. The molecule has 20 heavy (non-hydrogen) atoms. The number of halogens is 1. The van der Waals surface area contributed by atoms with Crippen molar-refractivity contribution in [3.05, 3.63) is 34.3 Å². The van der Waals surface area contributed by atoms with Crippen molar-refractivity contribution in [2.24, 2.45) is 5.92 Å². The molecule has 3 nitrogen and oxygen atoms in total. The highest BCUT2D eigenvalue weighted by Gasteiger charge is 2.54. The van der Waals surface area contributed by atoms with Gasteiger partial charge in [0.25, 0.3) is 0 Å². The number of likely N-dealkylation sites (N-methyl/N-ethyl adjacent to an activating group) is 1. The van der Waals surface area contributed by atoms with Crippen LogP contribution in [0.1, 0.15) is 5.56 Å². The Morgan fingerprint density at radius 2 is 1.80 bits per heavy atom. The highest BCUT2D eigenvalue weighted by atomic mass is 79.9.